The standard InChI is InChI=1S/C27H29ClN4O4/c1-17(2)35-24-7-5-20(14-21(24)15-29)27-30-26(31-36-27)22-6-4-19(12-23(22)28)16-32-10-8-18(9-11-32)13-25(33)34-3/h4-7,12,14,17-18H,8-11,13,16H2,1-3H3. The number of likely N-dealkylation sites (tertiary alicyclic amines) is 1. The van der Waals surface area contributed by atoms with Crippen LogP contribution in [-0.4, -0.2) is 47.3 Å². The lowest BCUT2D eigenvalue weighted by Crippen LogP contribution is -2.34. The molecule has 1 aliphatic heterocycles. The zero-order chi connectivity index (χ0) is 25.7. The minimum absolute atomic E-state index is 0.0403. The van der Waals surface area contributed by atoms with Gasteiger partial charge in [0.15, 0.2) is 0 Å². The first-order chi connectivity index (χ1) is 17.4. The van der Waals surface area contributed by atoms with Crippen molar-refractivity contribution in [2.24, 2.45) is 5.92 Å². The molecule has 0 unspecified atom stereocenters. The third-order valence-electron chi connectivity index (χ3n) is 6.21. The normalized spacial score (nSPS) is 14.6. The molecule has 9 heteroatoms. The number of carbonyl (C=O) groups is 1. The Morgan fingerprint density at radius 2 is 2.03 bits per heavy atom. The molecule has 0 spiro atoms. The highest BCUT2D eigenvalue weighted by atomic mass is 35.5. The van der Waals surface area contributed by atoms with Gasteiger partial charge in [0.2, 0.25) is 5.82 Å². The first-order valence-electron chi connectivity index (χ1n) is 12.0. The number of rotatable bonds is 8. The Morgan fingerprint density at radius 3 is 2.69 bits per heavy atom. The summed E-state index contributed by atoms with van der Waals surface area (Å²) in [5, 5.41) is 14.1. The van der Waals surface area contributed by atoms with Gasteiger partial charge in [-0.3, -0.25) is 9.69 Å². The van der Waals surface area contributed by atoms with Gasteiger partial charge in [-0.2, -0.15) is 10.2 Å². The average Bonchev–Trinajstić information content (AvgIpc) is 3.35. The predicted molar refractivity (Wildman–Crippen MR) is 135 cm³/mol. The molecule has 0 N–H and O–H groups in total. The Hall–Kier alpha value is -3.41. The first-order valence-corrected chi connectivity index (χ1v) is 12.4. The minimum Gasteiger partial charge on any atom is -0.490 e. The maximum Gasteiger partial charge on any atom is 0.305 e. The molecule has 8 nitrogen and oxygen atoms in total. The zero-order valence-corrected chi connectivity index (χ0v) is 21.4. The third-order valence-corrected chi connectivity index (χ3v) is 6.52. The van der Waals surface area contributed by atoms with Gasteiger partial charge in [0.05, 0.1) is 23.8 Å². The first kappa shape index (κ1) is 25.7. The summed E-state index contributed by atoms with van der Waals surface area (Å²) in [6.07, 6.45) is 2.40. The molecule has 36 heavy (non-hydrogen) atoms. The van der Waals surface area contributed by atoms with Crippen LogP contribution >= 0.6 is 11.6 Å². The molecule has 2 heterocycles. The number of hydrogen-bond donors (Lipinski definition) is 0. The van der Waals surface area contributed by atoms with E-state index in [9.17, 15) is 10.1 Å². The highest BCUT2D eigenvalue weighted by Gasteiger charge is 2.22. The maximum absolute atomic E-state index is 11.5. The van der Waals surface area contributed by atoms with Crippen LogP contribution in [0.1, 0.15) is 44.2 Å². The molecule has 1 fully saturated rings. The molecule has 3 aromatic rings. The second-order valence-corrected chi connectivity index (χ2v) is 9.63. The van der Waals surface area contributed by atoms with E-state index in [0.29, 0.717) is 51.5 Å². The Kier molecular flexibility index (Phi) is 8.24. The van der Waals surface area contributed by atoms with E-state index in [4.69, 9.17) is 25.6 Å². The SMILES string of the molecule is COC(=O)CC1CCN(Cc2ccc(-c3noc(-c4ccc(OC(C)C)c(C#N)c4)n3)c(Cl)c2)CC1. The van der Waals surface area contributed by atoms with Gasteiger partial charge in [0, 0.05) is 24.1 Å². The molecule has 0 atom stereocenters. The molecular weight excluding hydrogens is 480 g/mol. The van der Waals surface area contributed by atoms with Gasteiger partial charge in [0.25, 0.3) is 5.89 Å². The van der Waals surface area contributed by atoms with Crippen LogP contribution in [-0.2, 0) is 16.1 Å². The van der Waals surface area contributed by atoms with Gasteiger partial charge < -0.3 is 14.0 Å². The zero-order valence-electron chi connectivity index (χ0n) is 20.7. The van der Waals surface area contributed by atoms with E-state index >= 15 is 0 Å². The molecule has 0 saturated carbocycles. The second-order valence-electron chi connectivity index (χ2n) is 9.23. The molecule has 4 rings (SSSR count). The van der Waals surface area contributed by atoms with Crippen LogP contribution in [0.3, 0.4) is 0 Å². The number of carbonyl (C=O) groups excluding carboxylic acids is 1. The van der Waals surface area contributed by atoms with Crippen molar-refractivity contribution < 1.29 is 18.8 Å². The van der Waals surface area contributed by atoms with Crippen LogP contribution in [0.4, 0.5) is 0 Å². The topological polar surface area (TPSA) is 101 Å². The number of esters is 1. The molecule has 188 valence electrons. The van der Waals surface area contributed by atoms with Crippen molar-refractivity contribution in [3.05, 3.63) is 52.5 Å². The molecule has 1 aliphatic rings. The maximum atomic E-state index is 11.5. The molecule has 0 radical (unpaired) electrons. The summed E-state index contributed by atoms with van der Waals surface area (Å²) in [5.74, 6) is 1.44. The van der Waals surface area contributed by atoms with Crippen LogP contribution in [0.2, 0.25) is 5.02 Å². The van der Waals surface area contributed by atoms with Crippen molar-refractivity contribution in [3.8, 4) is 34.7 Å². The fraction of sp³-hybridized carbons (Fsp3) is 0.407. The Balaban J connectivity index is 1.42. The lowest BCUT2D eigenvalue weighted by atomic mass is 9.93. The molecular formula is C27H29ClN4O4. The van der Waals surface area contributed by atoms with E-state index in [0.717, 1.165) is 38.0 Å². The quantitative estimate of drug-likeness (QED) is 0.368. The molecule has 0 aliphatic carbocycles. The van der Waals surface area contributed by atoms with E-state index in [2.05, 4.69) is 21.1 Å². The number of benzene rings is 2. The second kappa shape index (κ2) is 11.5. The van der Waals surface area contributed by atoms with E-state index < -0.39 is 0 Å². The van der Waals surface area contributed by atoms with Crippen molar-refractivity contribution in [1.29, 1.82) is 5.26 Å². The van der Waals surface area contributed by atoms with Crippen molar-refractivity contribution in [2.75, 3.05) is 20.2 Å². The number of aromatic nitrogens is 2. The predicted octanol–water partition coefficient (Wildman–Crippen LogP) is 5.49. The van der Waals surface area contributed by atoms with Crippen LogP contribution in [0, 0.1) is 17.2 Å². The number of halogens is 1. The van der Waals surface area contributed by atoms with Gasteiger partial charge in [-0.25, -0.2) is 0 Å². The molecule has 0 bridgehead atoms. The summed E-state index contributed by atoms with van der Waals surface area (Å²) in [4.78, 5) is 18.4. The third kappa shape index (κ3) is 6.23. The fourth-order valence-corrected chi connectivity index (χ4v) is 4.61. The smallest absolute Gasteiger partial charge is 0.305 e. The van der Waals surface area contributed by atoms with E-state index in [1.165, 1.54) is 7.11 Å². The van der Waals surface area contributed by atoms with Crippen molar-refractivity contribution in [2.45, 2.75) is 45.8 Å². The highest BCUT2D eigenvalue weighted by molar-refractivity contribution is 6.33. The number of nitriles is 1. The minimum atomic E-state index is -0.136. The number of ether oxygens (including phenoxy) is 2. The monoisotopic (exact) mass is 508 g/mol. The van der Waals surface area contributed by atoms with Crippen LogP contribution in [0.5, 0.6) is 5.75 Å². The number of piperidine rings is 1. The highest BCUT2D eigenvalue weighted by Crippen LogP contribution is 2.31. The van der Waals surface area contributed by atoms with Gasteiger partial charge >= 0.3 is 5.97 Å². The van der Waals surface area contributed by atoms with Crippen molar-refractivity contribution in [1.82, 2.24) is 15.0 Å². The summed E-state index contributed by atoms with van der Waals surface area (Å²) < 4.78 is 15.9. The largest absolute Gasteiger partial charge is 0.490 e. The fourth-order valence-electron chi connectivity index (χ4n) is 4.32. The summed E-state index contributed by atoms with van der Waals surface area (Å²) in [6.45, 7) is 6.46. The number of hydrogen-bond acceptors (Lipinski definition) is 8. The molecule has 1 saturated heterocycles. The number of methoxy groups -OCH3 is 1. The number of nitrogens with zero attached hydrogens (tertiary/aromatic N) is 4. The summed E-state index contributed by atoms with van der Waals surface area (Å²) in [5.41, 5.74) is 2.80. The van der Waals surface area contributed by atoms with Crippen LogP contribution in [0.25, 0.3) is 22.8 Å². The van der Waals surface area contributed by atoms with Gasteiger partial charge in [-0.15, -0.1) is 0 Å². The van der Waals surface area contributed by atoms with Gasteiger partial charge in [-0.05, 0) is 81.6 Å². The molecule has 2 aromatic carbocycles. The van der Waals surface area contributed by atoms with E-state index in [-0.39, 0.29) is 12.1 Å². The van der Waals surface area contributed by atoms with E-state index in [1.807, 2.05) is 32.0 Å². The van der Waals surface area contributed by atoms with Gasteiger partial charge in [-0.1, -0.05) is 22.8 Å². The summed E-state index contributed by atoms with van der Waals surface area (Å²) in [6, 6.07) is 13.2. The van der Waals surface area contributed by atoms with Crippen LogP contribution < -0.4 is 4.74 Å². The van der Waals surface area contributed by atoms with Crippen molar-refractivity contribution >= 4 is 17.6 Å². The lowest BCUT2D eigenvalue weighted by molar-refractivity contribution is -0.142. The Bertz CT molecular complexity index is 1260. The van der Waals surface area contributed by atoms with Crippen molar-refractivity contribution in [3.63, 3.8) is 0 Å². The Morgan fingerprint density at radius 1 is 1.25 bits per heavy atom. The summed E-state index contributed by atoms with van der Waals surface area (Å²) >= 11 is 6.60. The lowest BCUT2D eigenvalue weighted by Gasteiger charge is -2.31. The van der Waals surface area contributed by atoms with Gasteiger partial charge in [0.1, 0.15) is 11.8 Å². The molecule has 0 amide bonds. The Labute approximate surface area is 215 Å². The summed E-state index contributed by atoms with van der Waals surface area (Å²) in [7, 11) is 1.44. The van der Waals surface area contributed by atoms with E-state index in [1.54, 1.807) is 18.2 Å². The van der Waals surface area contributed by atoms with Crippen LogP contribution in [0.15, 0.2) is 40.9 Å². The average molecular weight is 509 g/mol. The molecule has 1 aromatic heterocycles.